The van der Waals surface area contributed by atoms with Crippen LogP contribution in [0.1, 0.15) is 15.8 Å². The highest BCUT2D eigenvalue weighted by atomic mass is 32.1. The first-order valence-corrected chi connectivity index (χ1v) is 8.30. The molecule has 1 atom stereocenters. The number of ether oxygens (including phenoxy) is 1. The molecule has 1 fully saturated rings. The Bertz CT molecular complexity index is 499. The number of hydrogen-bond donors (Lipinski definition) is 2. The third-order valence-electron chi connectivity index (χ3n) is 3.16. The molecule has 1 aliphatic rings. The molecule has 4 nitrogen and oxygen atoms in total. The van der Waals surface area contributed by atoms with Crippen molar-refractivity contribution in [1.29, 1.82) is 0 Å². The van der Waals surface area contributed by atoms with E-state index in [0.717, 1.165) is 16.3 Å². The Kier molecular flexibility index (Phi) is 4.47. The predicted octanol–water partition coefficient (Wildman–Crippen LogP) is 2.00. The van der Waals surface area contributed by atoms with Gasteiger partial charge in [-0.25, -0.2) is 0 Å². The topological polar surface area (TPSA) is 50.4 Å². The van der Waals surface area contributed by atoms with Gasteiger partial charge in [0.2, 0.25) is 0 Å². The van der Waals surface area contributed by atoms with Gasteiger partial charge in [-0.1, -0.05) is 12.1 Å². The van der Waals surface area contributed by atoms with Crippen LogP contribution in [-0.2, 0) is 9.53 Å². The second-order valence-corrected chi connectivity index (χ2v) is 6.49. The maximum absolute atomic E-state index is 12.3. The normalized spacial score (nSPS) is 19.1. The van der Waals surface area contributed by atoms with Crippen molar-refractivity contribution >= 4 is 28.6 Å². The molecule has 1 amide bonds. The summed E-state index contributed by atoms with van der Waals surface area (Å²) in [6, 6.07) is 8.04. The minimum atomic E-state index is -0.397. The molecule has 2 N–H and O–H groups in total. The standard InChI is InChI=1S/C14H16N2O2S2/c17-14(10-9-15-5-6-18-10)16-13(11-3-1-7-19-11)12-4-2-8-20-12/h1-4,7-8,10,13,15H,5-6,9H2,(H,16,17). The summed E-state index contributed by atoms with van der Waals surface area (Å²) in [6.45, 7) is 1.97. The molecule has 0 saturated carbocycles. The van der Waals surface area contributed by atoms with Gasteiger partial charge in [0.05, 0.1) is 12.6 Å². The zero-order valence-corrected chi connectivity index (χ0v) is 12.5. The van der Waals surface area contributed by atoms with Crippen LogP contribution >= 0.6 is 22.7 Å². The fraction of sp³-hybridized carbons (Fsp3) is 0.357. The maximum Gasteiger partial charge on any atom is 0.251 e. The van der Waals surface area contributed by atoms with Gasteiger partial charge < -0.3 is 15.4 Å². The number of hydrogen-bond acceptors (Lipinski definition) is 5. The number of amides is 1. The highest BCUT2D eigenvalue weighted by molar-refractivity contribution is 7.11. The summed E-state index contributed by atoms with van der Waals surface area (Å²) < 4.78 is 5.51. The quantitative estimate of drug-likeness (QED) is 0.908. The number of carbonyl (C=O) groups excluding carboxylic acids is 1. The summed E-state index contributed by atoms with van der Waals surface area (Å²) in [5.74, 6) is -0.0519. The van der Waals surface area contributed by atoms with E-state index in [0.29, 0.717) is 13.2 Å². The molecular weight excluding hydrogens is 292 g/mol. The van der Waals surface area contributed by atoms with Crippen molar-refractivity contribution in [3.63, 3.8) is 0 Å². The summed E-state index contributed by atoms with van der Waals surface area (Å²) in [7, 11) is 0. The first kappa shape index (κ1) is 13.8. The van der Waals surface area contributed by atoms with Crippen molar-refractivity contribution in [3.05, 3.63) is 44.8 Å². The Morgan fingerprint density at radius 1 is 1.30 bits per heavy atom. The van der Waals surface area contributed by atoms with Gasteiger partial charge in [-0.3, -0.25) is 4.79 Å². The fourth-order valence-electron chi connectivity index (χ4n) is 2.16. The number of thiophene rings is 2. The van der Waals surface area contributed by atoms with Crippen LogP contribution in [0, 0.1) is 0 Å². The Hall–Kier alpha value is -1.21. The first-order valence-electron chi connectivity index (χ1n) is 6.54. The lowest BCUT2D eigenvalue weighted by Crippen LogP contribution is -2.48. The van der Waals surface area contributed by atoms with Crippen molar-refractivity contribution in [2.45, 2.75) is 12.1 Å². The lowest BCUT2D eigenvalue weighted by molar-refractivity contribution is -0.134. The Labute approximate surface area is 125 Å². The Morgan fingerprint density at radius 3 is 2.50 bits per heavy atom. The number of morpholine rings is 1. The lowest BCUT2D eigenvalue weighted by Gasteiger charge is -2.25. The van der Waals surface area contributed by atoms with Gasteiger partial charge in [-0.2, -0.15) is 0 Å². The molecule has 3 rings (SSSR count). The maximum atomic E-state index is 12.3. The zero-order chi connectivity index (χ0) is 13.8. The third-order valence-corrected chi connectivity index (χ3v) is 5.04. The van der Waals surface area contributed by atoms with E-state index >= 15 is 0 Å². The van der Waals surface area contributed by atoms with Gasteiger partial charge in [0.1, 0.15) is 6.10 Å². The first-order chi connectivity index (χ1) is 9.84. The van der Waals surface area contributed by atoms with Crippen LogP contribution in [0.15, 0.2) is 35.0 Å². The monoisotopic (exact) mass is 308 g/mol. The van der Waals surface area contributed by atoms with E-state index in [4.69, 9.17) is 4.74 Å². The summed E-state index contributed by atoms with van der Waals surface area (Å²) in [6.07, 6.45) is -0.397. The lowest BCUT2D eigenvalue weighted by atomic mass is 10.2. The second-order valence-electron chi connectivity index (χ2n) is 4.54. The molecule has 0 aliphatic carbocycles. The van der Waals surface area contributed by atoms with Crippen molar-refractivity contribution in [1.82, 2.24) is 10.6 Å². The molecular formula is C14H16N2O2S2. The van der Waals surface area contributed by atoms with Crippen LogP contribution in [0.2, 0.25) is 0 Å². The number of nitrogens with one attached hydrogen (secondary N) is 2. The molecule has 3 heterocycles. The molecule has 0 spiro atoms. The highest BCUT2D eigenvalue weighted by Gasteiger charge is 2.26. The van der Waals surface area contributed by atoms with Crippen LogP contribution in [0.25, 0.3) is 0 Å². The minimum Gasteiger partial charge on any atom is -0.366 e. The molecule has 0 radical (unpaired) electrons. The Balaban J connectivity index is 1.75. The highest BCUT2D eigenvalue weighted by Crippen LogP contribution is 2.29. The van der Waals surface area contributed by atoms with Crippen molar-refractivity contribution in [2.24, 2.45) is 0 Å². The van der Waals surface area contributed by atoms with Gasteiger partial charge in [0, 0.05) is 22.8 Å². The largest absolute Gasteiger partial charge is 0.366 e. The summed E-state index contributed by atoms with van der Waals surface area (Å²) in [5.41, 5.74) is 0. The molecule has 0 aromatic carbocycles. The Morgan fingerprint density at radius 2 is 2.00 bits per heavy atom. The zero-order valence-electron chi connectivity index (χ0n) is 10.9. The third kappa shape index (κ3) is 3.09. The SMILES string of the molecule is O=C(NC(c1cccs1)c1cccs1)C1CNCCO1. The van der Waals surface area contributed by atoms with E-state index in [-0.39, 0.29) is 11.9 Å². The van der Waals surface area contributed by atoms with E-state index in [1.807, 2.05) is 22.9 Å². The fourth-order valence-corrected chi connectivity index (χ4v) is 3.82. The molecule has 20 heavy (non-hydrogen) atoms. The summed E-state index contributed by atoms with van der Waals surface area (Å²) in [5, 5.41) is 10.3. The van der Waals surface area contributed by atoms with Gasteiger partial charge >= 0.3 is 0 Å². The van der Waals surface area contributed by atoms with Crippen LogP contribution in [0.4, 0.5) is 0 Å². The van der Waals surface area contributed by atoms with E-state index in [9.17, 15) is 4.79 Å². The number of carbonyl (C=O) groups is 1. The molecule has 2 aromatic heterocycles. The second kappa shape index (κ2) is 6.49. The molecule has 1 aliphatic heterocycles. The van der Waals surface area contributed by atoms with Crippen molar-refractivity contribution in [2.75, 3.05) is 19.7 Å². The van der Waals surface area contributed by atoms with E-state index in [1.165, 1.54) is 0 Å². The van der Waals surface area contributed by atoms with Crippen molar-refractivity contribution < 1.29 is 9.53 Å². The van der Waals surface area contributed by atoms with Gasteiger partial charge in [0.15, 0.2) is 0 Å². The number of rotatable bonds is 4. The van der Waals surface area contributed by atoms with Crippen LogP contribution in [0.3, 0.4) is 0 Å². The molecule has 2 aromatic rings. The predicted molar refractivity (Wildman–Crippen MR) is 81.2 cm³/mol. The minimum absolute atomic E-state index is 0.0519. The summed E-state index contributed by atoms with van der Waals surface area (Å²) >= 11 is 3.31. The van der Waals surface area contributed by atoms with Gasteiger partial charge in [-0.15, -0.1) is 22.7 Å². The van der Waals surface area contributed by atoms with Crippen molar-refractivity contribution in [3.8, 4) is 0 Å². The van der Waals surface area contributed by atoms with Gasteiger partial charge in [0.25, 0.3) is 5.91 Å². The van der Waals surface area contributed by atoms with Crippen LogP contribution in [0.5, 0.6) is 0 Å². The van der Waals surface area contributed by atoms with E-state index in [2.05, 4.69) is 22.8 Å². The van der Waals surface area contributed by atoms with E-state index in [1.54, 1.807) is 22.7 Å². The molecule has 1 unspecified atom stereocenters. The average molecular weight is 308 g/mol. The van der Waals surface area contributed by atoms with Crippen LogP contribution in [-0.4, -0.2) is 31.7 Å². The van der Waals surface area contributed by atoms with Gasteiger partial charge in [-0.05, 0) is 22.9 Å². The molecule has 1 saturated heterocycles. The molecule has 0 bridgehead atoms. The average Bonchev–Trinajstić information content (AvgIpc) is 3.19. The van der Waals surface area contributed by atoms with Crippen LogP contribution < -0.4 is 10.6 Å². The molecule has 106 valence electrons. The summed E-state index contributed by atoms with van der Waals surface area (Å²) in [4.78, 5) is 14.6. The smallest absolute Gasteiger partial charge is 0.251 e. The molecule has 6 heteroatoms. The van der Waals surface area contributed by atoms with E-state index < -0.39 is 6.10 Å².